The maximum absolute atomic E-state index is 10.9. The number of alkyl carbamates (subject to hydrolysis) is 1. The van der Waals surface area contributed by atoms with Crippen molar-refractivity contribution >= 4 is 56.0 Å². The zero-order valence-corrected chi connectivity index (χ0v) is 12.0. The van der Waals surface area contributed by atoms with E-state index in [2.05, 4.69) is 37.2 Å². The molecule has 0 radical (unpaired) electrons. The fourth-order valence-electron chi connectivity index (χ4n) is 1.45. The van der Waals surface area contributed by atoms with E-state index in [0.29, 0.717) is 12.3 Å². The number of carbonyl (C=O) groups excluding carboxylic acids is 1. The SMILES string of the molecule is Cl.Nc1c(Br)cc(Br)cc1[C@H]1COC(=O)N1. The Labute approximate surface area is 116 Å². The fraction of sp³-hybridized carbons (Fsp3) is 0.222. The second kappa shape index (κ2) is 5.25. The average Bonchev–Trinajstić information content (AvgIpc) is 2.58. The summed E-state index contributed by atoms with van der Waals surface area (Å²) in [5, 5.41) is 2.68. The van der Waals surface area contributed by atoms with Crippen molar-refractivity contribution in [3.8, 4) is 0 Å². The molecule has 2 rings (SSSR count). The quantitative estimate of drug-likeness (QED) is 0.745. The number of nitrogens with one attached hydrogen (secondary N) is 1. The van der Waals surface area contributed by atoms with Gasteiger partial charge in [0, 0.05) is 14.5 Å². The third kappa shape index (κ3) is 2.61. The summed E-state index contributed by atoms with van der Waals surface area (Å²) in [6.07, 6.45) is -0.407. The van der Waals surface area contributed by atoms with Gasteiger partial charge in [-0.25, -0.2) is 4.79 Å². The highest BCUT2D eigenvalue weighted by Gasteiger charge is 2.26. The highest BCUT2D eigenvalue weighted by atomic mass is 79.9. The van der Waals surface area contributed by atoms with Crippen LogP contribution < -0.4 is 11.1 Å². The van der Waals surface area contributed by atoms with E-state index in [1.54, 1.807) is 0 Å². The zero-order valence-electron chi connectivity index (χ0n) is 8.00. The molecule has 16 heavy (non-hydrogen) atoms. The molecule has 3 N–H and O–H groups in total. The first-order chi connectivity index (χ1) is 7.08. The van der Waals surface area contributed by atoms with Crippen molar-refractivity contribution < 1.29 is 9.53 Å². The molecule has 1 aliphatic heterocycles. The van der Waals surface area contributed by atoms with Gasteiger partial charge in [-0.2, -0.15) is 0 Å². The lowest BCUT2D eigenvalue weighted by atomic mass is 10.1. The summed E-state index contributed by atoms with van der Waals surface area (Å²) in [7, 11) is 0. The number of benzene rings is 1. The molecule has 1 aromatic carbocycles. The van der Waals surface area contributed by atoms with Crippen molar-refractivity contribution in [3.05, 3.63) is 26.6 Å². The molecule has 1 amide bonds. The predicted molar refractivity (Wildman–Crippen MR) is 70.7 cm³/mol. The van der Waals surface area contributed by atoms with Crippen molar-refractivity contribution in [2.24, 2.45) is 0 Å². The number of cyclic esters (lactones) is 1. The lowest BCUT2D eigenvalue weighted by molar-refractivity contribution is 0.177. The highest BCUT2D eigenvalue weighted by molar-refractivity contribution is 9.11. The normalized spacial score (nSPS) is 18.6. The number of ether oxygens (including phenoxy) is 1. The molecule has 1 saturated heterocycles. The number of nitrogens with two attached hydrogens (primary N) is 1. The van der Waals surface area contributed by atoms with E-state index in [9.17, 15) is 4.79 Å². The predicted octanol–water partition coefficient (Wildman–Crippen LogP) is 3.00. The molecule has 1 aromatic rings. The Balaban J connectivity index is 0.00000128. The van der Waals surface area contributed by atoms with E-state index >= 15 is 0 Å². The molecular formula is C9H9Br2ClN2O2. The van der Waals surface area contributed by atoms with E-state index in [0.717, 1.165) is 14.5 Å². The number of nitrogen functional groups attached to an aromatic ring is 1. The van der Waals surface area contributed by atoms with Crippen molar-refractivity contribution in [2.45, 2.75) is 6.04 Å². The van der Waals surface area contributed by atoms with Crippen LogP contribution in [0.1, 0.15) is 11.6 Å². The Morgan fingerprint density at radius 3 is 2.69 bits per heavy atom. The van der Waals surface area contributed by atoms with Crippen LogP contribution in [-0.2, 0) is 4.74 Å². The smallest absolute Gasteiger partial charge is 0.407 e. The summed E-state index contributed by atoms with van der Waals surface area (Å²) in [6.45, 7) is 0.311. The molecule has 0 bridgehead atoms. The largest absolute Gasteiger partial charge is 0.447 e. The van der Waals surface area contributed by atoms with Crippen LogP contribution in [0.3, 0.4) is 0 Å². The van der Waals surface area contributed by atoms with Crippen LogP contribution in [0.15, 0.2) is 21.1 Å². The minimum Gasteiger partial charge on any atom is -0.447 e. The summed E-state index contributed by atoms with van der Waals surface area (Å²) in [5.74, 6) is 0. The Morgan fingerprint density at radius 2 is 2.12 bits per heavy atom. The zero-order chi connectivity index (χ0) is 11.0. The summed E-state index contributed by atoms with van der Waals surface area (Å²) in [5.41, 5.74) is 7.37. The van der Waals surface area contributed by atoms with Gasteiger partial charge in [-0.15, -0.1) is 12.4 Å². The molecule has 7 heteroatoms. The Hall–Kier alpha value is -0.460. The third-order valence-electron chi connectivity index (χ3n) is 2.17. The number of rotatable bonds is 1. The fourth-order valence-corrected chi connectivity index (χ4v) is 2.70. The van der Waals surface area contributed by atoms with Crippen molar-refractivity contribution in [2.75, 3.05) is 12.3 Å². The number of hydrogen-bond acceptors (Lipinski definition) is 3. The van der Waals surface area contributed by atoms with Gasteiger partial charge in [0.1, 0.15) is 6.61 Å². The van der Waals surface area contributed by atoms with Crippen LogP contribution in [0.4, 0.5) is 10.5 Å². The van der Waals surface area contributed by atoms with E-state index in [4.69, 9.17) is 10.5 Å². The first kappa shape index (κ1) is 13.6. The Morgan fingerprint density at radius 1 is 1.44 bits per heavy atom. The number of halogens is 3. The summed E-state index contributed by atoms with van der Waals surface area (Å²) >= 11 is 6.72. The van der Waals surface area contributed by atoms with Gasteiger partial charge in [0.15, 0.2) is 0 Å². The monoisotopic (exact) mass is 370 g/mol. The van der Waals surface area contributed by atoms with Crippen LogP contribution in [0.25, 0.3) is 0 Å². The Bertz CT molecular complexity index is 428. The van der Waals surface area contributed by atoms with Crippen LogP contribution in [0.2, 0.25) is 0 Å². The lowest BCUT2D eigenvalue weighted by Crippen LogP contribution is -2.19. The topological polar surface area (TPSA) is 64.3 Å². The molecule has 1 heterocycles. The number of hydrogen-bond donors (Lipinski definition) is 2. The molecule has 0 spiro atoms. The van der Waals surface area contributed by atoms with Crippen LogP contribution >= 0.6 is 44.3 Å². The summed E-state index contributed by atoms with van der Waals surface area (Å²) in [4.78, 5) is 10.9. The standard InChI is InChI=1S/C9H8Br2N2O2.ClH/c10-4-1-5(8(12)6(11)2-4)7-3-15-9(14)13-7;/h1-2,7H,3,12H2,(H,13,14);1H/t7-;/m1./s1. The maximum Gasteiger partial charge on any atom is 0.407 e. The van der Waals surface area contributed by atoms with Crippen LogP contribution in [0.5, 0.6) is 0 Å². The van der Waals surface area contributed by atoms with Gasteiger partial charge in [0.25, 0.3) is 0 Å². The Kier molecular flexibility index (Phi) is 4.46. The lowest BCUT2D eigenvalue weighted by Gasteiger charge is -2.12. The van der Waals surface area contributed by atoms with E-state index < -0.39 is 6.09 Å². The van der Waals surface area contributed by atoms with Crippen LogP contribution in [-0.4, -0.2) is 12.7 Å². The minimum absolute atomic E-state index is 0. The average molecular weight is 372 g/mol. The van der Waals surface area contributed by atoms with Gasteiger partial charge in [-0.3, -0.25) is 0 Å². The maximum atomic E-state index is 10.9. The molecular weight excluding hydrogens is 363 g/mol. The second-order valence-corrected chi connectivity index (χ2v) is 4.96. The van der Waals surface area contributed by atoms with Gasteiger partial charge in [0.05, 0.1) is 11.7 Å². The number of carbonyl (C=O) groups is 1. The summed E-state index contributed by atoms with van der Waals surface area (Å²) < 4.78 is 6.52. The molecule has 1 aliphatic rings. The van der Waals surface area contributed by atoms with Crippen molar-refractivity contribution in [3.63, 3.8) is 0 Å². The van der Waals surface area contributed by atoms with Gasteiger partial charge in [-0.05, 0) is 28.1 Å². The molecule has 88 valence electrons. The molecule has 0 unspecified atom stereocenters. The van der Waals surface area contributed by atoms with Gasteiger partial charge in [0.2, 0.25) is 0 Å². The van der Waals surface area contributed by atoms with E-state index in [-0.39, 0.29) is 18.4 Å². The number of anilines is 1. The molecule has 4 nitrogen and oxygen atoms in total. The second-order valence-electron chi connectivity index (χ2n) is 3.19. The van der Waals surface area contributed by atoms with E-state index in [1.807, 2.05) is 12.1 Å². The molecule has 0 aliphatic carbocycles. The van der Waals surface area contributed by atoms with Gasteiger partial charge >= 0.3 is 6.09 Å². The van der Waals surface area contributed by atoms with Crippen molar-refractivity contribution in [1.29, 1.82) is 0 Å². The van der Waals surface area contributed by atoms with Gasteiger partial charge < -0.3 is 15.8 Å². The van der Waals surface area contributed by atoms with Gasteiger partial charge in [-0.1, -0.05) is 15.9 Å². The minimum atomic E-state index is -0.407. The number of amides is 1. The molecule has 0 aromatic heterocycles. The van der Waals surface area contributed by atoms with Crippen molar-refractivity contribution in [1.82, 2.24) is 5.32 Å². The molecule has 1 fully saturated rings. The third-order valence-corrected chi connectivity index (χ3v) is 3.29. The van der Waals surface area contributed by atoms with E-state index in [1.165, 1.54) is 0 Å². The summed E-state index contributed by atoms with van der Waals surface area (Å²) in [6, 6.07) is 3.56. The first-order valence-electron chi connectivity index (χ1n) is 4.25. The van der Waals surface area contributed by atoms with Crippen LogP contribution in [0, 0.1) is 0 Å². The molecule has 1 atom stereocenters. The first-order valence-corrected chi connectivity index (χ1v) is 5.84. The molecule has 0 saturated carbocycles. The highest BCUT2D eigenvalue weighted by Crippen LogP contribution is 2.33.